The van der Waals surface area contributed by atoms with Crippen molar-refractivity contribution in [2.75, 3.05) is 19.8 Å². The Morgan fingerprint density at radius 1 is 0.700 bits per heavy atom. The maximum absolute atomic E-state index is 11.3. The number of nitrogens with one attached hydrogen (secondary N) is 2. The van der Waals surface area contributed by atoms with Gasteiger partial charge in [-0.1, -0.05) is 0 Å². The summed E-state index contributed by atoms with van der Waals surface area (Å²) in [4.78, 5) is 65.1. The summed E-state index contributed by atoms with van der Waals surface area (Å²) in [5, 5.41) is 12.6. The molecule has 0 aliphatic heterocycles. The van der Waals surface area contributed by atoms with Gasteiger partial charge >= 0.3 is 53.4 Å². The Morgan fingerprint density at radius 3 is 1.20 bits per heavy atom. The van der Waals surface area contributed by atoms with Crippen molar-refractivity contribution in [3.63, 3.8) is 0 Å². The number of rotatable bonds is 9. The number of hydrogen-bond donors (Lipinski definition) is 3. The largest absolute Gasteiger partial charge is 1.00 e. The zero-order chi connectivity index (χ0) is 22.3. The molecule has 0 fully saturated rings. The Balaban J connectivity index is -0.000000213. The van der Waals surface area contributed by atoms with E-state index < -0.39 is 47.8 Å². The summed E-state index contributed by atoms with van der Waals surface area (Å²) in [6.45, 7) is 7.41. The summed E-state index contributed by atoms with van der Waals surface area (Å²) in [7, 11) is 0. The maximum atomic E-state index is 11.3. The number of aliphatic carboxylic acids is 1. The van der Waals surface area contributed by atoms with Gasteiger partial charge in [-0.2, -0.15) is 0 Å². The third kappa shape index (κ3) is 16.7. The Hall–Kier alpha value is -2.22. The van der Waals surface area contributed by atoms with Gasteiger partial charge in [-0.15, -0.1) is 0 Å². The van der Waals surface area contributed by atoms with Crippen LogP contribution in [0.25, 0.3) is 0 Å². The first-order valence-electron chi connectivity index (χ1n) is 8.28. The van der Waals surface area contributed by atoms with Crippen molar-refractivity contribution in [3.8, 4) is 0 Å². The van der Waals surface area contributed by atoms with E-state index in [1.807, 2.05) is 5.32 Å². The average Bonchev–Trinajstić information content (AvgIpc) is 2.58. The fourth-order valence-corrected chi connectivity index (χ4v) is 1.52. The van der Waals surface area contributed by atoms with E-state index in [9.17, 15) is 28.8 Å². The van der Waals surface area contributed by atoms with Gasteiger partial charge in [0.2, 0.25) is 23.9 Å². The second-order valence-corrected chi connectivity index (χ2v) is 4.86. The van der Waals surface area contributed by atoms with Crippen molar-refractivity contribution in [2.45, 2.75) is 46.7 Å². The van der Waals surface area contributed by atoms with Crippen LogP contribution < -0.4 is 40.2 Å². The van der Waals surface area contributed by atoms with Gasteiger partial charge in [-0.25, -0.2) is 19.2 Å². The number of carbonyl (C=O) groups is 6. The van der Waals surface area contributed by atoms with Gasteiger partial charge < -0.3 is 35.4 Å². The molecule has 0 saturated heterocycles. The van der Waals surface area contributed by atoms with Gasteiger partial charge in [0.15, 0.2) is 0 Å². The number of carboxylic acid groups (broad SMARTS) is 1. The zero-order valence-corrected chi connectivity index (χ0v) is 19.8. The first-order valence-corrected chi connectivity index (χ1v) is 8.28. The molecule has 2 amide bonds. The standard InChI is InChI=1S/C9H15NO5.C7H11NO5.Na.H2O/c1-4-14-8(12)7(10-6(3)11)9(13)15-5-2;1-3-13-7(12)5(6(10)11)8-4(2)9;;/h7H,4-5H2,1-3H3,(H,10,11);5H,3H2,1-2H3,(H,8,9)(H,10,11);;1H2/q;;+1;/p-1. The molecule has 1 unspecified atom stereocenters. The monoisotopic (exact) mass is 446 g/mol. The number of amides is 2. The van der Waals surface area contributed by atoms with Gasteiger partial charge in [-0.05, 0) is 20.8 Å². The Kier molecular flexibility index (Phi) is 23.6. The van der Waals surface area contributed by atoms with Gasteiger partial charge in [0, 0.05) is 13.8 Å². The van der Waals surface area contributed by atoms with Gasteiger partial charge in [0.05, 0.1) is 19.8 Å². The molecule has 30 heavy (non-hydrogen) atoms. The van der Waals surface area contributed by atoms with Crippen LogP contribution in [0.5, 0.6) is 0 Å². The summed E-state index contributed by atoms with van der Waals surface area (Å²) < 4.78 is 13.7. The predicted molar refractivity (Wildman–Crippen MR) is 94.7 cm³/mol. The molecule has 0 aliphatic rings. The first kappa shape index (κ1) is 35.2. The van der Waals surface area contributed by atoms with Gasteiger partial charge in [0.1, 0.15) is 0 Å². The Morgan fingerprint density at radius 2 is 0.967 bits per heavy atom. The predicted octanol–water partition coefficient (Wildman–Crippen LogP) is -4.42. The molecule has 14 heteroatoms. The van der Waals surface area contributed by atoms with E-state index >= 15 is 0 Å². The van der Waals surface area contributed by atoms with E-state index in [4.69, 9.17) is 5.11 Å². The van der Waals surface area contributed by atoms with Crippen LogP contribution in [0.15, 0.2) is 0 Å². The van der Waals surface area contributed by atoms with E-state index in [0.29, 0.717) is 0 Å². The van der Waals surface area contributed by atoms with E-state index in [2.05, 4.69) is 19.5 Å². The third-order valence-corrected chi connectivity index (χ3v) is 2.51. The molecule has 168 valence electrons. The summed E-state index contributed by atoms with van der Waals surface area (Å²) >= 11 is 0. The SMILES string of the molecule is CCOC(=O)C(NC(C)=O)C(=O)O.CCOC(=O)C(NC(C)=O)C(=O)OCC.[Na+].[OH-]. The molecular formula is C16H27N2NaO11. The Labute approximate surface area is 195 Å². The van der Waals surface area contributed by atoms with Crippen molar-refractivity contribution in [1.82, 2.24) is 10.6 Å². The van der Waals surface area contributed by atoms with Gasteiger partial charge in [-0.3, -0.25) is 9.59 Å². The Bertz CT molecular complexity index is 566. The summed E-state index contributed by atoms with van der Waals surface area (Å²) in [5.41, 5.74) is 0. The van der Waals surface area contributed by atoms with E-state index in [1.165, 1.54) is 6.92 Å². The molecule has 4 N–H and O–H groups in total. The zero-order valence-electron chi connectivity index (χ0n) is 17.8. The molecule has 0 heterocycles. The quantitative estimate of drug-likeness (QED) is 0.133. The maximum Gasteiger partial charge on any atom is 1.00 e. The van der Waals surface area contributed by atoms with Crippen LogP contribution in [-0.4, -0.2) is 78.2 Å². The van der Waals surface area contributed by atoms with Gasteiger partial charge in [0.25, 0.3) is 0 Å². The minimum absolute atomic E-state index is 0. The van der Waals surface area contributed by atoms with Crippen molar-refractivity contribution in [3.05, 3.63) is 0 Å². The second-order valence-electron chi connectivity index (χ2n) is 4.86. The topological polar surface area (TPSA) is 204 Å². The van der Waals surface area contributed by atoms with E-state index in [0.717, 1.165) is 6.92 Å². The molecule has 0 aromatic heterocycles. The fourth-order valence-electron chi connectivity index (χ4n) is 1.52. The van der Waals surface area contributed by atoms with Crippen molar-refractivity contribution >= 4 is 35.7 Å². The summed E-state index contributed by atoms with van der Waals surface area (Å²) in [5.74, 6) is -5.13. The molecule has 0 bridgehead atoms. The fraction of sp³-hybridized carbons (Fsp3) is 0.625. The second kappa shape index (κ2) is 20.1. The van der Waals surface area contributed by atoms with E-state index in [1.54, 1.807) is 20.8 Å². The van der Waals surface area contributed by atoms with Crippen LogP contribution in [0.2, 0.25) is 0 Å². The first-order chi connectivity index (χ1) is 13.0. The summed E-state index contributed by atoms with van der Waals surface area (Å²) in [6.07, 6.45) is 0. The normalized spacial score (nSPS) is 9.80. The molecule has 0 rings (SSSR count). The van der Waals surface area contributed by atoms with Crippen LogP contribution in [0.4, 0.5) is 0 Å². The van der Waals surface area contributed by atoms with Crippen LogP contribution >= 0.6 is 0 Å². The van der Waals surface area contributed by atoms with E-state index in [-0.39, 0.29) is 54.9 Å². The number of carboxylic acids is 1. The van der Waals surface area contributed by atoms with Crippen LogP contribution in [0.1, 0.15) is 34.6 Å². The summed E-state index contributed by atoms with van der Waals surface area (Å²) in [6, 6.07) is -2.99. The molecule has 1 atom stereocenters. The number of ether oxygens (including phenoxy) is 3. The third-order valence-electron chi connectivity index (χ3n) is 2.51. The smallest absolute Gasteiger partial charge is 0.870 e. The molecular weight excluding hydrogens is 419 g/mol. The number of carbonyl (C=O) groups excluding carboxylic acids is 5. The molecule has 0 aromatic carbocycles. The number of hydrogen-bond acceptors (Lipinski definition) is 10. The van der Waals surface area contributed by atoms with Crippen LogP contribution in [0.3, 0.4) is 0 Å². The van der Waals surface area contributed by atoms with Crippen LogP contribution in [-0.2, 0) is 43.0 Å². The minimum Gasteiger partial charge on any atom is -0.870 e. The van der Waals surface area contributed by atoms with Crippen molar-refractivity contribution < 1.29 is 83.1 Å². The molecule has 0 aromatic rings. The molecule has 0 saturated carbocycles. The minimum atomic E-state index is -1.61. The molecule has 0 spiro atoms. The van der Waals surface area contributed by atoms with Crippen LogP contribution in [0, 0.1) is 0 Å². The molecule has 13 nitrogen and oxygen atoms in total. The van der Waals surface area contributed by atoms with Crippen molar-refractivity contribution in [2.24, 2.45) is 0 Å². The van der Waals surface area contributed by atoms with Crippen molar-refractivity contribution in [1.29, 1.82) is 0 Å². The average molecular weight is 446 g/mol. The molecule has 0 radical (unpaired) electrons. The molecule has 0 aliphatic carbocycles. The number of esters is 3.